The Hall–Kier alpha value is -0.120. The lowest BCUT2D eigenvalue weighted by Gasteiger charge is -1.94. The van der Waals surface area contributed by atoms with Crippen LogP contribution in [0.25, 0.3) is 0 Å². The molecule has 0 atom stereocenters. The standard InChI is InChI=1S/C4H11N3/c1-3-6-7-4-2-5-1/h5-7H,1-4H2. The zero-order chi connectivity index (χ0) is 4.95. The van der Waals surface area contributed by atoms with Crippen LogP contribution in [0.2, 0.25) is 0 Å². The molecule has 0 amide bonds. The Kier molecular flexibility index (Phi) is 2.12. The minimum absolute atomic E-state index is 1.03. The molecule has 1 heterocycles. The van der Waals surface area contributed by atoms with E-state index in [0.717, 1.165) is 26.2 Å². The van der Waals surface area contributed by atoms with E-state index in [2.05, 4.69) is 16.2 Å². The van der Waals surface area contributed by atoms with Gasteiger partial charge in [0.05, 0.1) is 0 Å². The van der Waals surface area contributed by atoms with E-state index in [9.17, 15) is 0 Å². The van der Waals surface area contributed by atoms with Gasteiger partial charge in [-0.3, -0.25) is 10.9 Å². The topological polar surface area (TPSA) is 36.1 Å². The molecule has 3 N–H and O–H groups in total. The molecule has 0 aromatic rings. The van der Waals surface area contributed by atoms with Gasteiger partial charge in [-0.1, -0.05) is 0 Å². The number of rotatable bonds is 0. The summed E-state index contributed by atoms with van der Waals surface area (Å²) in [6.45, 7) is 4.21. The van der Waals surface area contributed by atoms with Crippen LogP contribution >= 0.6 is 0 Å². The normalized spacial score (nSPS) is 24.0. The number of nitrogens with one attached hydrogen (secondary N) is 3. The molecule has 1 aliphatic rings. The van der Waals surface area contributed by atoms with Crippen LogP contribution in [0.4, 0.5) is 0 Å². The monoisotopic (exact) mass is 101 g/mol. The average Bonchev–Trinajstić information content (AvgIpc) is 1.90. The second kappa shape index (κ2) is 2.96. The van der Waals surface area contributed by atoms with Crippen molar-refractivity contribution < 1.29 is 0 Å². The van der Waals surface area contributed by atoms with E-state index in [1.165, 1.54) is 0 Å². The molecule has 0 spiro atoms. The Bertz CT molecular complexity index is 26.5. The van der Waals surface area contributed by atoms with Crippen molar-refractivity contribution in [1.82, 2.24) is 16.2 Å². The first kappa shape index (κ1) is 5.03. The zero-order valence-corrected chi connectivity index (χ0v) is 4.33. The van der Waals surface area contributed by atoms with Crippen molar-refractivity contribution in [2.45, 2.75) is 0 Å². The van der Waals surface area contributed by atoms with E-state index < -0.39 is 0 Å². The second-order valence-electron chi connectivity index (χ2n) is 1.60. The number of hydrogen-bond acceptors (Lipinski definition) is 3. The lowest BCUT2D eigenvalue weighted by molar-refractivity contribution is 0.587. The molecule has 0 bridgehead atoms. The lowest BCUT2D eigenvalue weighted by atomic mass is 10.6. The van der Waals surface area contributed by atoms with E-state index in [4.69, 9.17) is 0 Å². The second-order valence-corrected chi connectivity index (χ2v) is 1.60. The van der Waals surface area contributed by atoms with Gasteiger partial charge in [-0.25, -0.2) is 0 Å². The summed E-state index contributed by atoms with van der Waals surface area (Å²) in [4.78, 5) is 0. The van der Waals surface area contributed by atoms with Crippen LogP contribution in [-0.2, 0) is 0 Å². The van der Waals surface area contributed by atoms with E-state index in [0.29, 0.717) is 0 Å². The molecule has 1 fully saturated rings. The summed E-state index contributed by atoms with van der Waals surface area (Å²) in [5.74, 6) is 0. The fourth-order valence-electron chi connectivity index (χ4n) is 0.604. The molecule has 0 saturated carbocycles. The van der Waals surface area contributed by atoms with Gasteiger partial charge in [0.15, 0.2) is 0 Å². The van der Waals surface area contributed by atoms with E-state index in [-0.39, 0.29) is 0 Å². The van der Waals surface area contributed by atoms with Gasteiger partial charge in [0, 0.05) is 26.2 Å². The van der Waals surface area contributed by atoms with Gasteiger partial charge in [0.1, 0.15) is 0 Å². The van der Waals surface area contributed by atoms with Crippen LogP contribution in [0, 0.1) is 0 Å². The van der Waals surface area contributed by atoms with Gasteiger partial charge in [0.2, 0.25) is 0 Å². The SMILES string of the molecule is C1CNNCCN1. The molecule has 3 nitrogen and oxygen atoms in total. The molecule has 1 aliphatic heterocycles. The lowest BCUT2D eigenvalue weighted by Crippen LogP contribution is -2.32. The highest BCUT2D eigenvalue weighted by atomic mass is 15.4. The molecule has 0 aliphatic carbocycles. The molecule has 7 heavy (non-hydrogen) atoms. The van der Waals surface area contributed by atoms with Crippen molar-refractivity contribution >= 4 is 0 Å². The molecule has 0 radical (unpaired) electrons. The predicted octanol–water partition coefficient (Wildman–Crippen LogP) is -1.32. The minimum atomic E-state index is 1.03. The maximum Gasteiger partial charge on any atom is 0.0225 e. The molecule has 42 valence electrons. The molecule has 0 aromatic heterocycles. The third kappa shape index (κ3) is 1.87. The third-order valence-corrected chi connectivity index (χ3v) is 0.979. The highest BCUT2D eigenvalue weighted by molar-refractivity contribution is 4.55. The van der Waals surface area contributed by atoms with Crippen molar-refractivity contribution in [3.05, 3.63) is 0 Å². The first-order chi connectivity index (χ1) is 3.50. The van der Waals surface area contributed by atoms with Gasteiger partial charge in [-0.05, 0) is 0 Å². The highest BCUT2D eigenvalue weighted by Gasteiger charge is 1.90. The first-order valence-electron chi connectivity index (χ1n) is 2.66. The Morgan fingerprint density at radius 3 is 1.86 bits per heavy atom. The van der Waals surface area contributed by atoms with Gasteiger partial charge in [-0.2, -0.15) is 0 Å². The smallest absolute Gasteiger partial charge is 0.0225 e. The Morgan fingerprint density at radius 2 is 1.29 bits per heavy atom. The molecular formula is C4H11N3. The van der Waals surface area contributed by atoms with Crippen LogP contribution < -0.4 is 16.2 Å². The number of hydrazine groups is 1. The minimum Gasteiger partial charge on any atom is -0.314 e. The molecule has 3 heteroatoms. The summed E-state index contributed by atoms with van der Waals surface area (Å²) >= 11 is 0. The zero-order valence-electron chi connectivity index (χ0n) is 4.33. The summed E-state index contributed by atoms with van der Waals surface area (Å²) in [6, 6.07) is 0. The Labute approximate surface area is 43.4 Å². The summed E-state index contributed by atoms with van der Waals surface area (Å²) < 4.78 is 0. The molecule has 1 rings (SSSR count). The highest BCUT2D eigenvalue weighted by Crippen LogP contribution is 1.61. The van der Waals surface area contributed by atoms with Crippen LogP contribution in [-0.4, -0.2) is 26.2 Å². The van der Waals surface area contributed by atoms with Gasteiger partial charge < -0.3 is 5.32 Å². The van der Waals surface area contributed by atoms with Gasteiger partial charge in [-0.15, -0.1) is 0 Å². The molecular weight excluding hydrogens is 90.1 g/mol. The summed E-state index contributed by atoms with van der Waals surface area (Å²) in [5, 5.41) is 3.22. The quantitative estimate of drug-likeness (QED) is 0.354. The van der Waals surface area contributed by atoms with E-state index in [1.807, 2.05) is 0 Å². The van der Waals surface area contributed by atoms with Crippen LogP contribution in [0.3, 0.4) is 0 Å². The average molecular weight is 101 g/mol. The molecule has 0 aromatic carbocycles. The van der Waals surface area contributed by atoms with Crippen molar-refractivity contribution in [3.8, 4) is 0 Å². The van der Waals surface area contributed by atoms with Crippen molar-refractivity contribution in [1.29, 1.82) is 0 Å². The van der Waals surface area contributed by atoms with E-state index in [1.54, 1.807) is 0 Å². The van der Waals surface area contributed by atoms with Crippen LogP contribution in [0.15, 0.2) is 0 Å². The largest absolute Gasteiger partial charge is 0.314 e. The van der Waals surface area contributed by atoms with Crippen molar-refractivity contribution in [2.75, 3.05) is 26.2 Å². The van der Waals surface area contributed by atoms with Gasteiger partial charge in [0.25, 0.3) is 0 Å². The maximum atomic E-state index is 3.22. The summed E-state index contributed by atoms with van der Waals surface area (Å²) in [6.07, 6.45) is 0. The predicted molar refractivity (Wildman–Crippen MR) is 28.9 cm³/mol. The molecule has 1 saturated heterocycles. The van der Waals surface area contributed by atoms with Gasteiger partial charge >= 0.3 is 0 Å². The Balaban J connectivity index is 2.04. The number of hydrogen-bond donors (Lipinski definition) is 3. The fourth-order valence-corrected chi connectivity index (χ4v) is 0.604. The first-order valence-corrected chi connectivity index (χ1v) is 2.66. The van der Waals surface area contributed by atoms with E-state index >= 15 is 0 Å². The van der Waals surface area contributed by atoms with Crippen molar-refractivity contribution in [2.24, 2.45) is 0 Å². The Morgan fingerprint density at radius 1 is 0.714 bits per heavy atom. The van der Waals surface area contributed by atoms with Crippen molar-refractivity contribution in [3.63, 3.8) is 0 Å². The van der Waals surface area contributed by atoms with Crippen LogP contribution in [0.5, 0.6) is 0 Å². The molecule has 0 unspecified atom stereocenters. The van der Waals surface area contributed by atoms with Crippen LogP contribution in [0.1, 0.15) is 0 Å². The fraction of sp³-hybridized carbons (Fsp3) is 1.00. The summed E-state index contributed by atoms with van der Waals surface area (Å²) in [7, 11) is 0. The maximum absolute atomic E-state index is 3.22. The summed E-state index contributed by atoms with van der Waals surface area (Å²) in [5.41, 5.74) is 6.07. The third-order valence-electron chi connectivity index (χ3n) is 0.979.